The number of aliphatic carboxylic acids is 2. The molecule has 34 heavy (non-hydrogen) atoms. The molecule has 0 saturated carbocycles. The summed E-state index contributed by atoms with van der Waals surface area (Å²) in [7, 11) is 0. The van der Waals surface area contributed by atoms with Gasteiger partial charge in [0.05, 0.1) is 6.33 Å². The third kappa shape index (κ3) is 11.4. The zero-order valence-corrected chi connectivity index (χ0v) is 19.2. The zero-order valence-electron chi connectivity index (χ0n) is 18.4. The van der Waals surface area contributed by atoms with Crippen LogP contribution in [-0.4, -0.2) is 85.4 Å². The molecule has 188 valence electrons. The van der Waals surface area contributed by atoms with Crippen molar-refractivity contribution in [2.75, 3.05) is 12.3 Å². The molecule has 8 N–H and O–H groups in total. The number of nitrogens with one attached hydrogen (secondary N) is 4. The first-order chi connectivity index (χ1) is 16.0. The van der Waals surface area contributed by atoms with Crippen LogP contribution in [0.2, 0.25) is 0 Å². The molecule has 15 heteroatoms. The van der Waals surface area contributed by atoms with Crippen LogP contribution in [0.1, 0.15) is 31.9 Å². The van der Waals surface area contributed by atoms with Crippen LogP contribution in [0.15, 0.2) is 12.5 Å². The molecule has 1 aromatic rings. The number of H-pyrrole nitrogens is 1. The van der Waals surface area contributed by atoms with Crippen molar-refractivity contribution in [1.29, 1.82) is 0 Å². The number of nitrogens with zero attached hydrogens (tertiary/aromatic N) is 1. The first-order valence-electron chi connectivity index (χ1n) is 10.2. The van der Waals surface area contributed by atoms with Crippen LogP contribution >= 0.6 is 11.8 Å². The molecule has 0 fully saturated rings. The predicted molar refractivity (Wildman–Crippen MR) is 119 cm³/mol. The normalized spacial score (nSPS) is 13.2. The second kappa shape index (κ2) is 14.6. The summed E-state index contributed by atoms with van der Waals surface area (Å²) in [5.41, 5.74) is 5.88. The smallest absolute Gasteiger partial charge is 0.327 e. The van der Waals surface area contributed by atoms with E-state index in [-0.39, 0.29) is 43.9 Å². The molecular formula is C19H28N6O8S. The zero-order chi connectivity index (χ0) is 25.7. The summed E-state index contributed by atoms with van der Waals surface area (Å²) < 4.78 is 0. The lowest BCUT2D eigenvalue weighted by molar-refractivity contribution is -0.141. The second-order valence-corrected chi connectivity index (χ2v) is 8.23. The van der Waals surface area contributed by atoms with E-state index < -0.39 is 47.0 Å². The Balaban J connectivity index is 2.69. The lowest BCUT2D eigenvalue weighted by Crippen LogP contribution is -2.45. The third-order valence-electron chi connectivity index (χ3n) is 4.35. The van der Waals surface area contributed by atoms with Gasteiger partial charge in [-0.1, -0.05) is 11.8 Å². The number of hydrogen-bond acceptors (Lipinski definition) is 9. The standard InChI is InChI=1S/C19H28N6O8S/c1-10(26)22-5-4-16(28)24-13(6-11-7-21-9-23-11)19(33)34-8-14(18(31)32)25-15(27)3-2-12(20)17(29)30/h7,9,12-14H,2-6,8,20H2,1H3,(H,21,23)(H,22,26)(H,24,28)(H,25,27)(H,29,30)(H,31,32)/t12?,13-,14?/m0/s1. The van der Waals surface area contributed by atoms with Gasteiger partial charge in [-0.15, -0.1) is 0 Å². The summed E-state index contributed by atoms with van der Waals surface area (Å²) in [6.45, 7) is 1.38. The number of aromatic nitrogens is 2. The Kier molecular flexibility index (Phi) is 12.3. The molecule has 1 aromatic heterocycles. The van der Waals surface area contributed by atoms with Gasteiger partial charge in [0.1, 0.15) is 18.1 Å². The highest BCUT2D eigenvalue weighted by atomic mass is 32.2. The van der Waals surface area contributed by atoms with Crippen LogP contribution in [0.4, 0.5) is 0 Å². The average Bonchev–Trinajstić information content (AvgIpc) is 3.26. The van der Waals surface area contributed by atoms with E-state index in [1.54, 1.807) is 0 Å². The summed E-state index contributed by atoms with van der Waals surface area (Å²) in [5.74, 6) is -4.53. The molecule has 0 spiro atoms. The van der Waals surface area contributed by atoms with Crippen LogP contribution in [0.3, 0.4) is 0 Å². The number of rotatable bonds is 15. The maximum Gasteiger partial charge on any atom is 0.327 e. The Labute approximate surface area is 198 Å². The Hall–Kier alpha value is -3.46. The van der Waals surface area contributed by atoms with E-state index in [4.69, 9.17) is 10.8 Å². The number of imidazole rings is 1. The van der Waals surface area contributed by atoms with Gasteiger partial charge < -0.3 is 36.9 Å². The maximum atomic E-state index is 12.7. The molecule has 1 rings (SSSR count). The van der Waals surface area contributed by atoms with Crippen LogP contribution in [-0.2, 0) is 35.2 Å². The van der Waals surface area contributed by atoms with Crippen LogP contribution < -0.4 is 21.7 Å². The molecule has 0 aromatic carbocycles. The lowest BCUT2D eigenvalue weighted by atomic mass is 10.1. The minimum Gasteiger partial charge on any atom is -0.480 e. The number of hydrogen-bond donors (Lipinski definition) is 7. The van der Waals surface area contributed by atoms with Gasteiger partial charge in [-0.05, 0) is 6.42 Å². The van der Waals surface area contributed by atoms with Crippen LogP contribution in [0, 0.1) is 0 Å². The number of carbonyl (C=O) groups is 6. The molecule has 2 unspecified atom stereocenters. The van der Waals surface area contributed by atoms with Crippen molar-refractivity contribution in [1.82, 2.24) is 25.9 Å². The number of amides is 3. The highest BCUT2D eigenvalue weighted by molar-refractivity contribution is 8.13. The van der Waals surface area contributed by atoms with E-state index in [9.17, 15) is 33.9 Å². The van der Waals surface area contributed by atoms with E-state index in [1.807, 2.05) is 0 Å². The number of nitrogens with two attached hydrogens (primary N) is 1. The predicted octanol–water partition coefficient (Wildman–Crippen LogP) is -2.02. The fourth-order valence-electron chi connectivity index (χ4n) is 2.55. The molecule has 0 saturated heterocycles. The van der Waals surface area contributed by atoms with Crippen molar-refractivity contribution < 1.29 is 39.0 Å². The highest BCUT2D eigenvalue weighted by Gasteiger charge is 2.27. The monoisotopic (exact) mass is 500 g/mol. The van der Waals surface area contributed by atoms with Gasteiger partial charge in [0, 0.05) is 50.4 Å². The van der Waals surface area contributed by atoms with Crippen LogP contribution in [0.25, 0.3) is 0 Å². The van der Waals surface area contributed by atoms with Crippen molar-refractivity contribution >= 4 is 46.5 Å². The third-order valence-corrected chi connectivity index (χ3v) is 5.42. The van der Waals surface area contributed by atoms with Gasteiger partial charge in [0.2, 0.25) is 22.8 Å². The molecule has 0 aliphatic rings. The van der Waals surface area contributed by atoms with Crippen molar-refractivity contribution in [3.63, 3.8) is 0 Å². The van der Waals surface area contributed by atoms with E-state index in [0.29, 0.717) is 17.5 Å². The molecule has 1 heterocycles. The number of carboxylic acid groups (broad SMARTS) is 2. The Bertz CT molecular complexity index is 878. The van der Waals surface area contributed by atoms with Gasteiger partial charge in [-0.25, -0.2) is 9.78 Å². The molecular weight excluding hydrogens is 472 g/mol. The molecule has 0 aliphatic heterocycles. The fourth-order valence-corrected chi connectivity index (χ4v) is 3.45. The quantitative estimate of drug-likeness (QED) is 0.139. The number of thioether (sulfide) groups is 1. The van der Waals surface area contributed by atoms with Crippen molar-refractivity contribution in [3.8, 4) is 0 Å². The number of aromatic amines is 1. The molecule has 3 atom stereocenters. The van der Waals surface area contributed by atoms with E-state index in [0.717, 1.165) is 0 Å². The fraction of sp³-hybridized carbons (Fsp3) is 0.526. The van der Waals surface area contributed by atoms with Crippen molar-refractivity contribution in [3.05, 3.63) is 18.2 Å². The van der Waals surface area contributed by atoms with Gasteiger partial charge in [0.25, 0.3) is 0 Å². The minimum absolute atomic E-state index is 0.0644. The van der Waals surface area contributed by atoms with Crippen molar-refractivity contribution in [2.24, 2.45) is 5.73 Å². The van der Waals surface area contributed by atoms with E-state index >= 15 is 0 Å². The van der Waals surface area contributed by atoms with Gasteiger partial charge >= 0.3 is 11.9 Å². The average molecular weight is 501 g/mol. The maximum absolute atomic E-state index is 12.7. The molecule has 0 bridgehead atoms. The van der Waals surface area contributed by atoms with Gasteiger partial charge in [-0.3, -0.25) is 24.0 Å². The Morgan fingerprint density at radius 2 is 1.71 bits per heavy atom. The van der Waals surface area contributed by atoms with Crippen LogP contribution in [0.5, 0.6) is 0 Å². The highest BCUT2D eigenvalue weighted by Crippen LogP contribution is 2.12. The summed E-state index contributed by atoms with van der Waals surface area (Å²) in [6.07, 6.45) is 2.38. The van der Waals surface area contributed by atoms with Gasteiger partial charge in [0.15, 0.2) is 0 Å². The summed E-state index contributed by atoms with van der Waals surface area (Å²) in [6, 6.07) is -3.71. The summed E-state index contributed by atoms with van der Waals surface area (Å²) in [4.78, 5) is 76.7. The summed E-state index contributed by atoms with van der Waals surface area (Å²) in [5, 5.41) is 24.8. The number of carbonyl (C=O) groups excluding carboxylic acids is 4. The van der Waals surface area contributed by atoms with Gasteiger partial charge in [-0.2, -0.15) is 0 Å². The minimum atomic E-state index is -1.43. The largest absolute Gasteiger partial charge is 0.480 e. The first-order valence-corrected chi connectivity index (χ1v) is 11.2. The lowest BCUT2D eigenvalue weighted by Gasteiger charge is -2.19. The molecule has 3 amide bonds. The molecule has 0 radical (unpaired) electrons. The van der Waals surface area contributed by atoms with E-state index in [1.165, 1.54) is 19.4 Å². The number of carboxylic acids is 2. The van der Waals surface area contributed by atoms with E-state index in [2.05, 4.69) is 25.9 Å². The van der Waals surface area contributed by atoms with Crippen molar-refractivity contribution in [2.45, 2.75) is 50.7 Å². The SMILES string of the molecule is CC(=O)NCCC(=O)N[C@@H](Cc1cnc[nH]1)C(=O)SCC(NC(=O)CCC(N)C(=O)O)C(=O)O. The molecule has 14 nitrogen and oxygen atoms in total. The summed E-state index contributed by atoms with van der Waals surface area (Å²) >= 11 is 0.613. The first kappa shape index (κ1) is 28.6. The molecule has 0 aliphatic carbocycles. The Morgan fingerprint density at radius 1 is 1.06 bits per heavy atom. The second-order valence-electron chi connectivity index (χ2n) is 7.21. The Morgan fingerprint density at radius 3 is 2.26 bits per heavy atom. The topological polar surface area (TPSA) is 234 Å².